The third-order valence-corrected chi connectivity index (χ3v) is 6.27. The lowest BCUT2D eigenvalue weighted by atomic mass is 10.00. The number of nitrogens with zero attached hydrogens (tertiary/aromatic N) is 1. The molecule has 182 valence electrons. The van der Waals surface area contributed by atoms with E-state index in [2.05, 4.69) is 24.3 Å². The molecule has 1 N–H and O–H groups in total. The van der Waals surface area contributed by atoms with E-state index >= 15 is 0 Å². The van der Waals surface area contributed by atoms with Crippen molar-refractivity contribution >= 4 is 11.9 Å². The summed E-state index contributed by atoms with van der Waals surface area (Å²) in [5.41, 5.74) is 3.27. The van der Waals surface area contributed by atoms with Gasteiger partial charge in [0.2, 0.25) is 5.91 Å². The van der Waals surface area contributed by atoms with Crippen LogP contribution in [-0.4, -0.2) is 41.1 Å². The van der Waals surface area contributed by atoms with Crippen LogP contribution in [0, 0.1) is 0 Å². The summed E-state index contributed by atoms with van der Waals surface area (Å²) in [6.45, 7) is 2.96. The molecule has 0 spiro atoms. The maximum Gasteiger partial charge on any atom is 0.305 e. The third kappa shape index (κ3) is 8.14. The first kappa shape index (κ1) is 25.7. The standard InChI is InChI=1S/C29H37NO4/c1-2-34-29(33)15-8-3-4-9-20-30-26(17-19-28(30)32)16-18-27(31)25-14-10-13-24(22-25)21-23-11-6-5-7-12-23/h5-7,10-14,16,18,22,26-27,31H,2-4,8-9,15,17,19-21H2,1H3/t26-,27?/m0/s1. The molecule has 2 aromatic carbocycles. The normalized spacial score (nSPS) is 16.8. The van der Waals surface area contributed by atoms with Crippen molar-refractivity contribution < 1.29 is 19.4 Å². The van der Waals surface area contributed by atoms with Crippen molar-refractivity contribution in [2.24, 2.45) is 0 Å². The van der Waals surface area contributed by atoms with Crippen LogP contribution < -0.4 is 0 Å². The molecule has 1 heterocycles. The SMILES string of the molecule is CCOC(=O)CCCCCCN1C(=O)CC[C@@H]1C=CC(O)c1cccc(Cc2ccccc2)c1. The Morgan fingerprint density at radius 2 is 1.85 bits per heavy atom. The number of aliphatic hydroxyl groups is 1. The number of carbonyl (C=O) groups is 2. The average molecular weight is 464 g/mol. The van der Waals surface area contributed by atoms with Crippen LogP contribution in [0.2, 0.25) is 0 Å². The van der Waals surface area contributed by atoms with E-state index in [1.54, 1.807) is 0 Å². The van der Waals surface area contributed by atoms with Crippen molar-refractivity contribution in [2.45, 2.75) is 70.4 Å². The fourth-order valence-corrected chi connectivity index (χ4v) is 4.45. The molecule has 1 aliphatic heterocycles. The molecule has 34 heavy (non-hydrogen) atoms. The Kier molecular flexibility index (Phi) is 10.4. The summed E-state index contributed by atoms with van der Waals surface area (Å²) in [4.78, 5) is 25.7. The van der Waals surface area contributed by atoms with Crippen molar-refractivity contribution in [3.05, 3.63) is 83.4 Å². The minimum Gasteiger partial charge on any atom is -0.466 e. The molecular weight excluding hydrogens is 426 g/mol. The highest BCUT2D eigenvalue weighted by Crippen LogP contribution is 2.23. The number of hydrogen-bond donors (Lipinski definition) is 1. The van der Waals surface area contributed by atoms with Crippen LogP contribution in [0.5, 0.6) is 0 Å². The lowest BCUT2D eigenvalue weighted by Crippen LogP contribution is -2.32. The Hall–Kier alpha value is -2.92. The van der Waals surface area contributed by atoms with Crippen LogP contribution in [0.25, 0.3) is 0 Å². The van der Waals surface area contributed by atoms with E-state index < -0.39 is 6.10 Å². The number of rotatable bonds is 13. The van der Waals surface area contributed by atoms with Crippen LogP contribution in [0.15, 0.2) is 66.7 Å². The zero-order chi connectivity index (χ0) is 24.2. The van der Waals surface area contributed by atoms with Gasteiger partial charge in [-0.3, -0.25) is 9.59 Å². The summed E-state index contributed by atoms with van der Waals surface area (Å²) in [6, 6.07) is 18.4. The smallest absolute Gasteiger partial charge is 0.305 e. The first-order valence-electron chi connectivity index (χ1n) is 12.5. The van der Waals surface area contributed by atoms with Crippen molar-refractivity contribution in [1.82, 2.24) is 4.90 Å². The lowest BCUT2D eigenvalue weighted by Gasteiger charge is -2.22. The Balaban J connectivity index is 1.47. The summed E-state index contributed by atoms with van der Waals surface area (Å²) in [7, 11) is 0. The maximum atomic E-state index is 12.4. The number of benzene rings is 2. The van der Waals surface area contributed by atoms with Crippen molar-refractivity contribution in [2.75, 3.05) is 13.2 Å². The van der Waals surface area contributed by atoms with Crippen molar-refractivity contribution in [3.63, 3.8) is 0 Å². The van der Waals surface area contributed by atoms with Crippen LogP contribution in [0.3, 0.4) is 0 Å². The molecule has 0 saturated carbocycles. The van der Waals surface area contributed by atoms with Gasteiger partial charge in [0.1, 0.15) is 0 Å². The first-order chi connectivity index (χ1) is 16.6. The fourth-order valence-electron chi connectivity index (χ4n) is 4.45. The van der Waals surface area contributed by atoms with E-state index in [4.69, 9.17) is 4.74 Å². The highest BCUT2D eigenvalue weighted by molar-refractivity contribution is 5.79. The predicted octanol–water partition coefficient (Wildman–Crippen LogP) is 5.37. The lowest BCUT2D eigenvalue weighted by molar-refractivity contribution is -0.143. The topological polar surface area (TPSA) is 66.8 Å². The number of ether oxygens (including phenoxy) is 1. The molecule has 5 heteroatoms. The van der Waals surface area contributed by atoms with Gasteiger partial charge in [0, 0.05) is 19.4 Å². The van der Waals surface area contributed by atoms with Gasteiger partial charge in [-0.25, -0.2) is 0 Å². The highest BCUT2D eigenvalue weighted by atomic mass is 16.5. The van der Waals surface area contributed by atoms with Gasteiger partial charge < -0.3 is 14.7 Å². The molecule has 1 fully saturated rings. The summed E-state index contributed by atoms with van der Waals surface area (Å²) in [5.74, 6) is 0.0482. The van der Waals surface area contributed by atoms with Crippen LogP contribution >= 0.6 is 0 Å². The molecule has 1 amide bonds. The Morgan fingerprint density at radius 1 is 1.09 bits per heavy atom. The number of aliphatic hydroxyl groups excluding tert-OH is 1. The molecule has 5 nitrogen and oxygen atoms in total. The zero-order valence-corrected chi connectivity index (χ0v) is 20.2. The minimum absolute atomic E-state index is 0.0363. The summed E-state index contributed by atoms with van der Waals surface area (Å²) < 4.78 is 4.95. The number of hydrogen-bond acceptors (Lipinski definition) is 4. The van der Waals surface area contributed by atoms with Gasteiger partial charge in [0.25, 0.3) is 0 Å². The molecule has 1 saturated heterocycles. The fraction of sp³-hybridized carbons (Fsp3) is 0.448. The first-order valence-corrected chi connectivity index (χ1v) is 12.5. The Bertz CT molecular complexity index is 940. The number of unbranched alkanes of at least 4 members (excludes halogenated alkanes) is 3. The second-order valence-corrected chi connectivity index (χ2v) is 8.90. The van der Waals surface area contributed by atoms with Crippen LogP contribution in [-0.2, 0) is 20.7 Å². The van der Waals surface area contributed by atoms with Gasteiger partial charge in [-0.15, -0.1) is 0 Å². The number of amides is 1. The molecule has 2 aromatic rings. The van der Waals surface area contributed by atoms with Gasteiger partial charge in [0.05, 0.1) is 18.8 Å². The summed E-state index contributed by atoms with van der Waals surface area (Å²) in [5, 5.41) is 10.8. The molecule has 1 unspecified atom stereocenters. The molecule has 0 bridgehead atoms. The molecule has 0 radical (unpaired) electrons. The van der Waals surface area contributed by atoms with Crippen molar-refractivity contribution in [3.8, 4) is 0 Å². The maximum absolute atomic E-state index is 12.4. The molecule has 0 aromatic heterocycles. The minimum atomic E-state index is -0.698. The van der Waals surface area contributed by atoms with Gasteiger partial charge >= 0.3 is 5.97 Å². The molecule has 0 aliphatic carbocycles. The van der Waals surface area contributed by atoms with E-state index in [0.717, 1.165) is 56.2 Å². The summed E-state index contributed by atoms with van der Waals surface area (Å²) in [6.07, 6.45) is 9.43. The predicted molar refractivity (Wildman–Crippen MR) is 134 cm³/mol. The van der Waals surface area contributed by atoms with Gasteiger partial charge in [0.15, 0.2) is 0 Å². The second kappa shape index (κ2) is 13.7. The van der Waals surface area contributed by atoms with Gasteiger partial charge in [-0.1, -0.05) is 79.6 Å². The van der Waals surface area contributed by atoms with E-state index in [1.807, 2.05) is 54.3 Å². The molecular formula is C29H37NO4. The van der Waals surface area contributed by atoms with Crippen molar-refractivity contribution in [1.29, 1.82) is 0 Å². The van der Waals surface area contributed by atoms with Crippen LogP contribution in [0.1, 0.15) is 74.7 Å². The van der Waals surface area contributed by atoms with E-state index in [-0.39, 0.29) is 17.9 Å². The van der Waals surface area contributed by atoms with Crippen LogP contribution in [0.4, 0.5) is 0 Å². The van der Waals surface area contributed by atoms with Gasteiger partial charge in [-0.2, -0.15) is 0 Å². The molecule has 1 aliphatic rings. The molecule has 3 rings (SSSR count). The average Bonchev–Trinajstić information content (AvgIpc) is 3.20. The Morgan fingerprint density at radius 3 is 2.65 bits per heavy atom. The number of carbonyl (C=O) groups excluding carboxylic acids is 2. The highest BCUT2D eigenvalue weighted by Gasteiger charge is 2.28. The zero-order valence-electron chi connectivity index (χ0n) is 20.2. The quantitative estimate of drug-likeness (QED) is 0.246. The number of likely N-dealkylation sites (tertiary alicyclic amines) is 1. The largest absolute Gasteiger partial charge is 0.466 e. The van der Waals surface area contributed by atoms with E-state index in [0.29, 0.717) is 19.4 Å². The van der Waals surface area contributed by atoms with E-state index in [9.17, 15) is 14.7 Å². The molecule has 2 atom stereocenters. The van der Waals surface area contributed by atoms with Gasteiger partial charge in [-0.05, 0) is 49.3 Å². The third-order valence-electron chi connectivity index (χ3n) is 6.27. The Labute approximate surface area is 203 Å². The summed E-state index contributed by atoms with van der Waals surface area (Å²) >= 11 is 0. The van der Waals surface area contributed by atoms with E-state index in [1.165, 1.54) is 5.56 Å². The number of esters is 1. The second-order valence-electron chi connectivity index (χ2n) is 8.90. The monoisotopic (exact) mass is 463 g/mol.